The highest BCUT2D eigenvalue weighted by Crippen LogP contribution is 2.34. The molecule has 4 nitrogen and oxygen atoms in total. The minimum atomic E-state index is -0.315. The highest BCUT2D eigenvalue weighted by atomic mass is 32.1. The summed E-state index contributed by atoms with van der Waals surface area (Å²) in [6, 6.07) is 8.47. The van der Waals surface area contributed by atoms with Gasteiger partial charge in [0, 0.05) is 24.0 Å². The van der Waals surface area contributed by atoms with Crippen molar-refractivity contribution < 1.29 is 9.18 Å². The highest BCUT2D eigenvalue weighted by Gasteiger charge is 2.20. The molecule has 0 radical (unpaired) electrons. The lowest BCUT2D eigenvalue weighted by Crippen LogP contribution is -2.31. The summed E-state index contributed by atoms with van der Waals surface area (Å²) in [4.78, 5) is 13.8. The molecule has 0 saturated carbocycles. The minimum Gasteiger partial charge on any atom is -0.349 e. The lowest BCUT2D eigenvalue weighted by molar-refractivity contribution is 0.0943. The van der Waals surface area contributed by atoms with Gasteiger partial charge in [-0.15, -0.1) is 11.3 Å². The van der Waals surface area contributed by atoms with E-state index in [0.29, 0.717) is 16.1 Å². The molecule has 0 saturated heterocycles. The zero-order valence-electron chi connectivity index (χ0n) is 13.3. The van der Waals surface area contributed by atoms with Crippen LogP contribution in [0.2, 0.25) is 0 Å². The maximum absolute atomic E-state index is 14.1. The number of aromatic nitrogens is 2. The van der Waals surface area contributed by atoms with E-state index >= 15 is 0 Å². The molecule has 120 valence electrons. The van der Waals surface area contributed by atoms with Crippen LogP contribution >= 0.6 is 11.3 Å². The first-order valence-corrected chi connectivity index (χ1v) is 8.35. The van der Waals surface area contributed by atoms with Gasteiger partial charge in [0.1, 0.15) is 16.3 Å². The van der Waals surface area contributed by atoms with Gasteiger partial charge in [-0.2, -0.15) is 5.10 Å². The number of nitrogens with zero attached hydrogens (tertiary/aromatic N) is 2. The number of hydrogen-bond donors (Lipinski definition) is 1. The minimum absolute atomic E-state index is 0.0972. The number of carbonyl (C=O) groups excluding carboxylic acids is 1. The van der Waals surface area contributed by atoms with Crippen molar-refractivity contribution in [1.29, 1.82) is 0 Å². The smallest absolute Gasteiger partial charge is 0.261 e. The first-order valence-electron chi connectivity index (χ1n) is 7.53. The van der Waals surface area contributed by atoms with Crippen LogP contribution in [-0.2, 0) is 7.05 Å². The Balaban J connectivity index is 2.06. The zero-order valence-corrected chi connectivity index (χ0v) is 14.1. The largest absolute Gasteiger partial charge is 0.349 e. The van der Waals surface area contributed by atoms with Crippen LogP contribution in [0.3, 0.4) is 0 Å². The molecular weight excluding hydrogens is 313 g/mol. The number of benzene rings is 1. The Morgan fingerprint density at radius 1 is 1.43 bits per heavy atom. The van der Waals surface area contributed by atoms with E-state index in [1.54, 1.807) is 36.0 Å². The van der Waals surface area contributed by atoms with Crippen LogP contribution in [0.15, 0.2) is 30.3 Å². The van der Waals surface area contributed by atoms with Crippen LogP contribution in [-0.4, -0.2) is 21.7 Å². The van der Waals surface area contributed by atoms with E-state index in [9.17, 15) is 9.18 Å². The molecule has 0 spiro atoms. The molecule has 0 aliphatic heterocycles. The van der Waals surface area contributed by atoms with Crippen LogP contribution < -0.4 is 5.32 Å². The number of amides is 1. The maximum atomic E-state index is 14.1. The molecular formula is C17H18FN3OS. The molecule has 1 atom stereocenters. The topological polar surface area (TPSA) is 46.9 Å². The zero-order chi connectivity index (χ0) is 16.6. The van der Waals surface area contributed by atoms with Crippen LogP contribution in [0.5, 0.6) is 0 Å². The fourth-order valence-corrected chi connectivity index (χ4v) is 3.38. The van der Waals surface area contributed by atoms with Crippen molar-refractivity contribution >= 4 is 27.5 Å². The maximum Gasteiger partial charge on any atom is 0.261 e. The van der Waals surface area contributed by atoms with E-state index in [1.807, 2.05) is 13.8 Å². The average molecular weight is 331 g/mol. The number of nitrogens with one attached hydrogen (secondary N) is 1. The second-order valence-electron chi connectivity index (χ2n) is 5.56. The molecule has 6 heteroatoms. The van der Waals surface area contributed by atoms with E-state index in [4.69, 9.17) is 0 Å². The molecule has 3 aromatic rings. The summed E-state index contributed by atoms with van der Waals surface area (Å²) < 4.78 is 15.8. The lowest BCUT2D eigenvalue weighted by atomic mass is 10.1. The Hall–Kier alpha value is -2.21. The van der Waals surface area contributed by atoms with Crippen molar-refractivity contribution in [2.24, 2.45) is 7.05 Å². The normalized spacial score (nSPS) is 12.5. The Bertz CT molecular complexity index is 868. The summed E-state index contributed by atoms with van der Waals surface area (Å²) in [5.41, 5.74) is 1.02. The standard InChI is InChI=1S/C17H18FN3OS/c1-4-10(2)19-16(22)14-9-12-15(20-21(3)17(12)23-14)11-7-5-6-8-13(11)18/h5-10H,4H2,1-3H3,(H,19,22)/t10-/m0/s1. The highest BCUT2D eigenvalue weighted by molar-refractivity contribution is 7.20. The third kappa shape index (κ3) is 2.86. The van der Waals surface area contributed by atoms with E-state index in [-0.39, 0.29) is 17.8 Å². The Labute approximate surface area is 137 Å². The Morgan fingerprint density at radius 3 is 2.87 bits per heavy atom. The van der Waals surface area contributed by atoms with E-state index in [1.165, 1.54) is 17.4 Å². The number of carbonyl (C=O) groups is 1. The summed E-state index contributed by atoms with van der Waals surface area (Å²) in [6.07, 6.45) is 0.874. The van der Waals surface area contributed by atoms with Gasteiger partial charge in [0.25, 0.3) is 5.91 Å². The summed E-state index contributed by atoms with van der Waals surface area (Å²) >= 11 is 1.37. The fraction of sp³-hybridized carbons (Fsp3) is 0.294. The summed E-state index contributed by atoms with van der Waals surface area (Å²) in [6.45, 7) is 3.99. The van der Waals surface area contributed by atoms with Gasteiger partial charge in [-0.1, -0.05) is 19.1 Å². The van der Waals surface area contributed by atoms with Gasteiger partial charge in [0.05, 0.1) is 4.88 Å². The van der Waals surface area contributed by atoms with Crippen LogP contribution in [0.4, 0.5) is 4.39 Å². The summed E-state index contributed by atoms with van der Waals surface area (Å²) in [7, 11) is 1.81. The van der Waals surface area contributed by atoms with Gasteiger partial charge in [-0.3, -0.25) is 9.48 Å². The van der Waals surface area contributed by atoms with Crippen molar-refractivity contribution in [2.45, 2.75) is 26.3 Å². The van der Waals surface area contributed by atoms with Gasteiger partial charge in [0.15, 0.2) is 0 Å². The molecule has 0 bridgehead atoms. The first kappa shape index (κ1) is 15.7. The second-order valence-corrected chi connectivity index (χ2v) is 6.59. The molecule has 0 aliphatic carbocycles. The third-order valence-corrected chi connectivity index (χ3v) is 5.05. The molecule has 2 aromatic heterocycles. The Kier molecular flexibility index (Phi) is 4.17. The molecule has 3 rings (SSSR count). The predicted molar refractivity (Wildman–Crippen MR) is 91.2 cm³/mol. The summed E-state index contributed by atoms with van der Waals surface area (Å²) in [5.74, 6) is -0.413. The molecule has 1 amide bonds. The monoisotopic (exact) mass is 331 g/mol. The second kappa shape index (κ2) is 6.12. The van der Waals surface area contributed by atoms with Gasteiger partial charge in [0.2, 0.25) is 0 Å². The van der Waals surface area contributed by atoms with Crippen molar-refractivity contribution in [3.63, 3.8) is 0 Å². The van der Waals surface area contributed by atoms with Crippen LogP contribution in [0.1, 0.15) is 29.9 Å². The van der Waals surface area contributed by atoms with E-state index in [0.717, 1.165) is 16.6 Å². The van der Waals surface area contributed by atoms with Crippen LogP contribution in [0, 0.1) is 5.82 Å². The van der Waals surface area contributed by atoms with Gasteiger partial charge < -0.3 is 5.32 Å². The molecule has 1 N–H and O–H groups in total. The molecule has 1 aromatic carbocycles. The van der Waals surface area contributed by atoms with Crippen molar-refractivity contribution in [3.05, 3.63) is 41.0 Å². The van der Waals surface area contributed by atoms with Gasteiger partial charge in [-0.05, 0) is 31.5 Å². The molecule has 0 aliphatic rings. The average Bonchev–Trinajstić information content (AvgIpc) is 3.09. The molecule has 23 heavy (non-hydrogen) atoms. The number of hydrogen-bond acceptors (Lipinski definition) is 3. The SMILES string of the molecule is CC[C@H](C)NC(=O)c1cc2c(-c3ccccc3F)nn(C)c2s1. The fourth-order valence-electron chi connectivity index (χ4n) is 2.40. The number of rotatable bonds is 4. The van der Waals surface area contributed by atoms with E-state index < -0.39 is 0 Å². The quantitative estimate of drug-likeness (QED) is 0.786. The van der Waals surface area contributed by atoms with Gasteiger partial charge in [-0.25, -0.2) is 4.39 Å². The first-order chi connectivity index (χ1) is 11.0. The molecule has 2 heterocycles. The van der Waals surface area contributed by atoms with Crippen molar-refractivity contribution in [2.75, 3.05) is 0 Å². The number of fused-ring (bicyclic) bond motifs is 1. The van der Waals surface area contributed by atoms with E-state index in [2.05, 4.69) is 10.4 Å². The predicted octanol–water partition coefficient (Wildman–Crippen LogP) is 3.97. The summed E-state index contributed by atoms with van der Waals surface area (Å²) in [5, 5.41) is 8.17. The van der Waals surface area contributed by atoms with Crippen LogP contribution in [0.25, 0.3) is 21.5 Å². The molecule has 0 fully saturated rings. The lowest BCUT2D eigenvalue weighted by Gasteiger charge is -2.09. The third-order valence-electron chi connectivity index (χ3n) is 3.85. The number of aryl methyl sites for hydroxylation is 1. The van der Waals surface area contributed by atoms with Gasteiger partial charge >= 0.3 is 0 Å². The molecule has 0 unspecified atom stereocenters. The van der Waals surface area contributed by atoms with Crippen molar-refractivity contribution in [1.82, 2.24) is 15.1 Å². The number of thiophene rings is 1. The number of halogens is 1. The van der Waals surface area contributed by atoms with Crippen molar-refractivity contribution in [3.8, 4) is 11.3 Å². The Morgan fingerprint density at radius 2 is 2.17 bits per heavy atom.